The lowest BCUT2D eigenvalue weighted by Crippen LogP contribution is -2.09. The number of rotatable bonds is 4. The van der Waals surface area contributed by atoms with E-state index in [1.165, 1.54) is 6.07 Å². The number of aryl methyl sites for hydroxylation is 1. The van der Waals surface area contributed by atoms with Crippen molar-refractivity contribution < 1.29 is 22.7 Å². The number of hydrogen-bond donors (Lipinski definition) is 1. The molecule has 0 saturated carbocycles. The number of hydrogen-bond acceptors (Lipinski definition) is 2. The first-order chi connectivity index (χ1) is 10.3. The molecule has 1 N–H and O–H groups in total. The van der Waals surface area contributed by atoms with E-state index in [1.807, 2.05) is 0 Å². The molecule has 3 nitrogen and oxygen atoms in total. The van der Waals surface area contributed by atoms with Gasteiger partial charge in [-0.3, -0.25) is 0 Å². The molecule has 1 aromatic carbocycles. The number of carbonyl (C=O) groups is 1. The molecular weight excluding hydrogens is 295 g/mol. The lowest BCUT2D eigenvalue weighted by atomic mass is 10.0. The lowest BCUT2D eigenvalue weighted by molar-refractivity contribution is -0.137. The highest BCUT2D eigenvalue weighted by atomic mass is 19.4. The second-order valence-electron chi connectivity index (χ2n) is 4.91. The third-order valence-corrected chi connectivity index (χ3v) is 3.29. The summed E-state index contributed by atoms with van der Waals surface area (Å²) in [4.78, 5) is 14.9. The van der Waals surface area contributed by atoms with Gasteiger partial charge in [0.05, 0.1) is 17.7 Å². The fourth-order valence-electron chi connectivity index (χ4n) is 2.28. The maximum absolute atomic E-state index is 12.7. The summed E-state index contributed by atoms with van der Waals surface area (Å²) in [5, 5.41) is 0. The molecule has 0 atom stereocenters. The van der Waals surface area contributed by atoms with Crippen LogP contribution in [0.15, 0.2) is 30.5 Å². The SMILES string of the molecule is CCOC(=O)c1c(Cc2cccc(C(F)(F)F)c2)c[nH]c1C. The molecule has 0 bridgehead atoms. The summed E-state index contributed by atoms with van der Waals surface area (Å²) in [6, 6.07) is 5.09. The molecule has 0 aliphatic heterocycles. The normalized spacial score (nSPS) is 11.5. The first-order valence-corrected chi connectivity index (χ1v) is 6.83. The van der Waals surface area contributed by atoms with Crippen molar-refractivity contribution in [1.82, 2.24) is 4.98 Å². The summed E-state index contributed by atoms with van der Waals surface area (Å²) < 4.78 is 43.2. The Morgan fingerprint density at radius 1 is 1.32 bits per heavy atom. The first-order valence-electron chi connectivity index (χ1n) is 6.83. The maximum Gasteiger partial charge on any atom is 0.416 e. The van der Waals surface area contributed by atoms with Crippen LogP contribution in [0.2, 0.25) is 0 Å². The van der Waals surface area contributed by atoms with Crippen molar-refractivity contribution in [1.29, 1.82) is 0 Å². The predicted octanol–water partition coefficient (Wildman–Crippen LogP) is 4.11. The van der Waals surface area contributed by atoms with Crippen LogP contribution < -0.4 is 0 Å². The number of benzene rings is 1. The molecule has 1 heterocycles. The Labute approximate surface area is 126 Å². The quantitative estimate of drug-likeness (QED) is 0.863. The standard InChI is InChI=1S/C16H16F3NO2/c1-3-22-15(21)14-10(2)20-9-12(14)7-11-5-4-6-13(8-11)16(17,18)19/h4-6,8-9,20H,3,7H2,1-2H3. The molecule has 2 aromatic rings. The third-order valence-electron chi connectivity index (χ3n) is 3.29. The zero-order chi connectivity index (χ0) is 16.3. The van der Waals surface area contributed by atoms with E-state index in [4.69, 9.17) is 4.74 Å². The van der Waals surface area contributed by atoms with E-state index in [0.717, 1.165) is 12.1 Å². The predicted molar refractivity (Wildman–Crippen MR) is 75.7 cm³/mol. The topological polar surface area (TPSA) is 42.1 Å². The largest absolute Gasteiger partial charge is 0.462 e. The van der Waals surface area contributed by atoms with Crippen molar-refractivity contribution in [3.63, 3.8) is 0 Å². The zero-order valence-electron chi connectivity index (χ0n) is 12.3. The lowest BCUT2D eigenvalue weighted by Gasteiger charge is -2.09. The van der Waals surface area contributed by atoms with Gasteiger partial charge >= 0.3 is 12.1 Å². The molecule has 2 rings (SSSR count). The summed E-state index contributed by atoms with van der Waals surface area (Å²) in [6.07, 6.45) is -2.53. The van der Waals surface area contributed by atoms with Crippen LogP contribution in [0.5, 0.6) is 0 Å². The van der Waals surface area contributed by atoms with E-state index >= 15 is 0 Å². The van der Waals surface area contributed by atoms with Gasteiger partial charge in [0.25, 0.3) is 0 Å². The summed E-state index contributed by atoms with van der Waals surface area (Å²) >= 11 is 0. The number of alkyl halides is 3. The Morgan fingerprint density at radius 3 is 2.68 bits per heavy atom. The van der Waals surface area contributed by atoms with Crippen LogP contribution in [0, 0.1) is 6.92 Å². The van der Waals surface area contributed by atoms with Crippen molar-refractivity contribution >= 4 is 5.97 Å². The number of esters is 1. The Morgan fingerprint density at radius 2 is 2.05 bits per heavy atom. The van der Waals surface area contributed by atoms with Gasteiger partial charge in [-0.15, -0.1) is 0 Å². The number of aromatic nitrogens is 1. The van der Waals surface area contributed by atoms with E-state index in [9.17, 15) is 18.0 Å². The monoisotopic (exact) mass is 311 g/mol. The molecule has 0 spiro atoms. The van der Waals surface area contributed by atoms with Crippen molar-refractivity contribution in [2.24, 2.45) is 0 Å². The van der Waals surface area contributed by atoms with E-state index in [0.29, 0.717) is 22.4 Å². The smallest absolute Gasteiger partial charge is 0.416 e. The van der Waals surface area contributed by atoms with E-state index in [1.54, 1.807) is 26.1 Å². The summed E-state index contributed by atoms with van der Waals surface area (Å²) in [6.45, 7) is 3.67. The minimum absolute atomic E-state index is 0.225. The second kappa shape index (κ2) is 6.25. The Kier molecular flexibility index (Phi) is 4.59. The highest BCUT2D eigenvalue weighted by Crippen LogP contribution is 2.30. The average Bonchev–Trinajstić information content (AvgIpc) is 2.79. The van der Waals surface area contributed by atoms with Crippen molar-refractivity contribution in [2.45, 2.75) is 26.4 Å². The molecule has 0 saturated heterocycles. The third kappa shape index (κ3) is 3.50. The highest BCUT2D eigenvalue weighted by molar-refractivity contribution is 5.92. The number of nitrogens with one attached hydrogen (secondary N) is 1. The molecule has 0 aliphatic carbocycles. The molecule has 22 heavy (non-hydrogen) atoms. The van der Waals surface area contributed by atoms with Crippen LogP contribution in [0.3, 0.4) is 0 Å². The van der Waals surface area contributed by atoms with Gasteiger partial charge in [0.1, 0.15) is 0 Å². The molecule has 6 heteroatoms. The van der Waals surface area contributed by atoms with Crippen LogP contribution in [0.4, 0.5) is 13.2 Å². The molecule has 0 unspecified atom stereocenters. The van der Waals surface area contributed by atoms with Gasteiger partial charge in [-0.1, -0.05) is 18.2 Å². The van der Waals surface area contributed by atoms with Crippen LogP contribution in [0.1, 0.15) is 39.7 Å². The first kappa shape index (κ1) is 16.1. The van der Waals surface area contributed by atoms with E-state index in [-0.39, 0.29) is 13.0 Å². The highest BCUT2D eigenvalue weighted by Gasteiger charge is 2.30. The van der Waals surface area contributed by atoms with Crippen molar-refractivity contribution in [3.05, 3.63) is 58.4 Å². The van der Waals surface area contributed by atoms with Gasteiger partial charge in [0.2, 0.25) is 0 Å². The van der Waals surface area contributed by atoms with Crippen molar-refractivity contribution in [3.8, 4) is 0 Å². The van der Waals surface area contributed by atoms with E-state index < -0.39 is 17.7 Å². The van der Waals surface area contributed by atoms with Crippen molar-refractivity contribution in [2.75, 3.05) is 6.61 Å². The maximum atomic E-state index is 12.7. The number of aromatic amines is 1. The zero-order valence-corrected chi connectivity index (χ0v) is 12.3. The molecular formula is C16H16F3NO2. The van der Waals surface area contributed by atoms with Gasteiger partial charge in [0.15, 0.2) is 0 Å². The minimum atomic E-state index is -4.38. The molecule has 0 fully saturated rings. The number of halogens is 3. The van der Waals surface area contributed by atoms with Crippen LogP contribution in [-0.2, 0) is 17.3 Å². The summed E-state index contributed by atoms with van der Waals surface area (Å²) in [5.41, 5.74) is 1.43. The average molecular weight is 311 g/mol. The Hall–Kier alpha value is -2.24. The molecule has 118 valence electrons. The van der Waals surface area contributed by atoms with Gasteiger partial charge in [-0.25, -0.2) is 4.79 Å². The van der Waals surface area contributed by atoms with Crippen LogP contribution >= 0.6 is 0 Å². The Bertz CT molecular complexity index is 674. The van der Waals surface area contributed by atoms with Gasteiger partial charge in [-0.05, 0) is 37.5 Å². The minimum Gasteiger partial charge on any atom is -0.462 e. The fourth-order valence-corrected chi connectivity index (χ4v) is 2.28. The van der Waals surface area contributed by atoms with Gasteiger partial charge < -0.3 is 9.72 Å². The number of H-pyrrole nitrogens is 1. The summed E-state index contributed by atoms with van der Waals surface area (Å²) in [7, 11) is 0. The number of ether oxygens (including phenoxy) is 1. The van der Waals surface area contributed by atoms with E-state index in [2.05, 4.69) is 4.98 Å². The molecule has 0 radical (unpaired) electrons. The van der Waals surface area contributed by atoms with Crippen LogP contribution in [-0.4, -0.2) is 17.6 Å². The molecule has 1 aromatic heterocycles. The number of carbonyl (C=O) groups excluding carboxylic acids is 1. The van der Waals surface area contributed by atoms with Gasteiger partial charge in [-0.2, -0.15) is 13.2 Å². The van der Waals surface area contributed by atoms with Crippen LogP contribution in [0.25, 0.3) is 0 Å². The second-order valence-corrected chi connectivity index (χ2v) is 4.91. The molecule has 0 aliphatic rings. The fraction of sp³-hybridized carbons (Fsp3) is 0.312. The Balaban J connectivity index is 2.30. The van der Waals surface area contributed by atoms with Gasteiger partial charge in [0, 0.05) is 11.9 Å². The molecule has 0 amide bonds. The summed E-state index contributed by atoms with van der Waals surface area (Å²) in [5.74, 6) is -0.469.